The molecule has 1 N–H and O–H groups in total. The van der Waals surface area contributed by atoms with Crippen molar-refractivity contribution in [3.8, 4) is 22.8 Å². The third kappa shape index (κ3) is 4.43. The average Bonchev–Trinajstić information content (AvgIpc) is 3.41. The molecule has 2 aromatic carbocycles. The summed E-state index contributed by atoms with van der Waals surface area (Å²) in [7, 11) is 0. The highest BCUT2D eigenvalue weighted by molar-refractivity contribution is 6.04. The fraction of sp³-hybridized carbons (Fsp3) is 0.0286. The van der Waals surface area contributed by atoms with Crippen LogP contribution in [0.2, 0.25) is 0 Å². The van der Waals surface area contributed by atoms with E-state index >= 15 is 0 Å². The van der Waals surface area contributed by atoms with Crippen molar-refractivity contribution in [1.29, 1.82) is 0 Å². The minimum absolute atomic E-state index is 0.529. The Kier molecular flexibility index (Phi) is 6.37. The smallest absolute Gasteiger partial charge is 0.178 e. The topological polar surface area (TPSA) is 83.0 Å². The number of hydrogen-bond acceptors (Lipinski definition) is 5. The lowest BCUT2D eigenvalue weighted by atomic mass is 10.0. The van der Waals surface area contributed by atoms with Crippen LogP contribution in [0.3, 0.4) is 0 Å². The molecule has 7 rings (SSSR count). The molecular weight excluding hydrogens is 518 g/mol. The van der Waals surface area contributed by atoms with Crippen molar-refractivity contribution >= 4 is 38.6 Å². The van der Waals surface area contributed by atoms with Crippen molar-refractivity contribution in [2.45, 2.75) is 6.92 Å². The summed E-state index contributed by atoms with van der Waals surface area (Å²) in [6.07, 6.45) is 15.0. The van der Waals surface area contributed by atoms with Crippen molar-refractivity contribution in [2.75, 3.05) is 0 Å². The molecule has 5 heterocycles. The summed E-state index contributed by atoms with van der Waals surface area (Å²) in [5.41, 5.74) is 8.89. The van der Waals surface area contributed by atoms with E-state index in [4.69, 9.17) is 19.9 Å². The van der Waals surface area contributed by atoms with Crippen molar-refractivity contribution in [3.63, 3.8) is 0 Å². The molecule has 0 bridgehead atoms. The van der Waals surface area contributed by atoms with Gasteiger partial charge in [0.15, 0.2) is 29.9 Å². The zero-order valence-corrected chi connectivity index (χ0v) is 22.9. The van der Waals surface area contributed by atoms with Gasteiger partial charge in [0.05, 0.1) is 33.8 Å². The van der Waals surface area contributed by atoms with Crippen LogP contribution < -0.4 is 4.98 Å². The van der Waals surface area contributed by atoms with E-state index in [1.54, 1.807) is 18.5 Å². The number of nitrogens with zero attached hydrogens (tertiary/aromatic N) is 6. The van der Waals surface area contributed by atoms with Gasteiger partial charge >= 0.3 is 0 Å². The molecule has 0 aliphatic heterocycles. The second-order valence-corrected chi connectivity index (χ2v) is 9.88. The lowest BCUT2D eigenvalue weighted by Crippen LogP contribution is -2.05. The molecule has 0 aliphatic rings. The van der Waals surface area contributed by atoms with Crippen LogP contribution in [0.4, 0.5) is 0 Å². The van der Waals surface area contributed by atoms with Gasteiger partial charge in [0.2, 0.25) is 0 Å². The maximum absolute atomic E-state index is 4.83. The Morgan fingerprint density at radius 1 is 0.786 bits per heavy atom. The van der Waals surface area contributed by atoms with Gasteiger partial charge in [0, 0.05) is 40.5 Å². The quantitative estimate of drug-likeness (QED) is 0.210. The van der Waals surface area contributed by atoms with Crippen molar-refractivity contribution < 1.29 is 4.98 Å². The Morgan fingerprint density at radius 3 is 2.36 bits per heavy atom. The Hall–Kier alpha value is -5.82. The highest BCUT2D eigenvalue weighted by atomic mass is 15.0. The van der Waals surface area contributed by atoms with E-state index in [2.05, 4.69) is 70.3 Å². The number of allylic oxidation sites excluding steroid dienone is 5. The molecule has 0 unspecified atom stereocenters. The summed E-state index contributed by atoms with van der Waals surface area (Å²) in [5, 5.41) is 1.17. The molecule has 200 valence electrons. The highest BCUT2D eigenvalue weighted by Gasteiger charge is 2.16. The summed E-state index contributed by atoms with van der Waals surface area (Å²) in [4.78, 5) is 26.5. The minimum Gasteiger partial charge on any atom is -0.306 e. The van der Waals surface area contributed by atoms with Gasteiger partial charge in [0.1, 0.15) is 0 Å². The molecule has 7 nitrogen and oxygen atoms in total. The number of H-pyrrole nitrogens is 1. The number of pyridine rings is 2. The fourth-order valence-electron chi connectivity index (χ4n) is 5.27. The molecule has 5 aromatic heterocycles. The van der Waals surface area contributed by atoms with E-state index in [1.165, 1.54) is 5.39 Å². The third-order valence-electron chi connectivity index (χ3n) is 7.27. The van der Waals surface area contributed by atoms with E-state index in [1.807, 2.05) is 61.1 Å². The van der Waals surface area contributed by atoms with Gasteiger partial charge < -0.3 is 4.40 Å². The van der Waals surface area contributed by atoms with E-state index in [9.17, 15) is 0 Å². The Bertz CT molecular complexity index is 2100. The first-order valence-corrected chi connectivity index (χ1v) is 13.6. The number of fused-ring (bicyclic) bond motifs is 5. The highest BCUT2D eigenvalue weighted by Crippen LogP contribution is 2.34. The number of benzene rings is 2. The first kappa shape index (κ1) is 25.2. The maximum atomic E-state index is 4.83. The van der Waals surface area contributed by atoms with E-state index in [0.29, 0.717) is 17.5 Å². The van der Waals surface area contributed by atoms with Crippen LogP contribution >= 0.6 is 0 Å². The predicted molar refractivity (Wildman–Crippen MR) is 167 cm³/mol. The first-order chi connectivity index (χ1) is 20.7. The number of aromatic amines is 1. The molecule has 0 saturated carbocycles. The molecule has 7 aromatic rings. The molecule has 42 heavy (non-hydrogen) atoms. The molecule has 0 amide bonds. The van der Waals surface area contributed by atoms with Crippen LogP contribution in [0.15, 0.2) is 129 Å². The molecule has 0 saturated heterocycles. The first-order valence-electron chi connectivity index (χ1n) is 13.6. The van der Waals surface area contributed by atoms with E-state index < -0.39 is 0 Å². The second-order valence-electron chi connectivity index (χ2n) is 9.88. The minimum atomic E-state index is 0.529. The van der Waals surface area contributed by atoms with Crippen molar-refractivity contribution in [3.05, 3.63) is 140 Å². The van der Waals surface area contributed by atoms with Gasteiger partial charge in [-0.15, -0.1) is 0 Å². The second kappa shape index (κ2) is 10.6. The summed E-state index contributed by atoms with van der Waals surface area (Å²) >= 11 is 0. The van der Waals surface area contributed by atoms with Gasteiger partial charge in [-0.1, -0.05) is 55.1 Å². The molecule has 0 atom stereocenters. The van der Waals surface area contributed by atoms with Crippen LogP contribution in [0.5, 0.6) is 0 Å². The molecule has 0 fully saturated rings. The van der Waals surface area contributed by atoms with Gasteiger partial charge in [-0.25, -0.2) is 19.9 Å². The number of rotatable bonds is 6. The summed E-state index contributed by atoms with van der Waals surface area (Å²) in [6.45, 7) is 6.21. The predicted octanol–water partition coefficient (Wildman–Crippen LogP) is 7.04. The third-order valence-corrected chi connectivity index (χ3v) is 7.27. The number of nitrogens with one attached hydrogen (secondary N) is 1. The van der Waals surface area contributed by atoms with E-state index in [0.717, 1.165) is 49.9 Å². The summed E-state index contributed by atoms with van der Waals surface area (Å²) in [6, 6.07) is 24.4. The van der Waals surface area contributed by atoms with Crippen molar-refractivity contribution in [1.82, 2.24) is 29.3 Å². The maximum Gasteiger partial charge on any atom is 0.178 e. The fourth-order valence-corrected chi connectivity index (χ4v) is 5.27. The zero-order chi connectivity index (χ0) is 28.5. The van der Waals surface area contributed by atoms with Gasteiger partial charge in [-0.05, 0) is 48.9 Å². The van der Waals surface area contributed by atoms with Crippen molar-refractivity contribution in [2.24, 2.45) is 0 Å². The number of aromatic nitrogens is 7. The normalized spacial score (nSPS) is 12.3. The van der Waals surface area contributed by atoms with Gasteiger partial charge in [0.25, 0.3) is 0 Å². The van der Waals surface area contributed by atoms with Crippen LogP contribution in [0.25, 0.3) is 61.4 Å². The Balaban J connectivity index is 1.38. The molecule has 0 spiro atoms. The van der Waals surface area contributed by atoms with E-state index in [-0.39, 0.29) is 0 Å². The van der Waals surface area contributed by atoms with Crippen LogP contribution in [-0.4, -0.2) is 29.3 Å². The average molecular weight is 545 g/mol. The number of para-hydroxylation sites is 3. The lowest BCUT2D eigenvalue weighted by Gasteiger charge is -2.08. The molecule has 7 heteroatoms. The standard InChI is InChI=1S/C35H25N7/c1-3-24(33-39-34(25-10-8-18-36-20-25)41-35(40-33)26-11-9-19-37-21-26)17-16-23(2)32-27-12-4-6-14-29(27)42-30-15-7-5-13-28(30)38-22-31(32)42/h3-22H,1H2,2H3/p+1/b23-16+,24-17+. The van der Waals surface area contributed by atoms with Gasteiger partial charge in [-0.3, -0.25) is 9.97 Å². The van der Waals surface area contributed by atoms with Gasteiger partial charge in [-0.2, -0.15) is 0 Å². The zero-order valence-electron chi connectivity index (χ0n) is 22.9. The Morgan fingerprint density at radius 2 is 1.57 bits per heavy atom. The molecular formula is C35H26N7+. The lowest BCUT2D eigenvalue weighted by molar-refractivity contribution is -0.377. The monoisotopic (exact) mass is 544 g/mol. The molecule has 0 radical (unpaired) electrons. The Labute approximate surface area is 242 Å². The van der Waals surface area contributed by atoms with Crippen LogP contribution in [0.1, 0.15) is 18.3 Å². The summed E-state index contributed by atoms with van der Waals surface area (Å²) < 4.78 is 2.29. The molecule has 0 aliphatic carbocycles. The summed E-state index contributed by atoms with van der Waals surface area (Å²) in [5.74, 6) is 1.63. The largest absolute Gasteiger partial charge is 0.306 e. The van der Waals surface area contributed by atoms with Crippen LogP contribution in [0, 0.1) is 0 Å². The SMILES string of the molecule is C=C/C(=C\C=C(/C)c1c2ccccc2n2c1cnc1ccccc12)c1nc(-c2cccnc2)nc(-c2ccc[nH+]c2)n1. The van der Waals surface area contributed by atoms with Crippen LogP contribution in [-0.2, 0) is 0 Å². The number of hydrogen-bond donors (Lipinski definition) is 0.